The molecule has 1 saturated heterocycles. The fraction of sp³-hybridized carbons (Fsp3) is 0.914. The number of amides is 1. The van der Waals surface area contributed by atoms with Crippen LogP contribution < -0.4 is 5.32 Å². The predicted molar refractivity (Wildman–Crippen MR) is 283 cm³/mol. The summed E-state index contributed by atoms with van der Waals surface area (Å²) in [7, 11) is 0. The molecule has 0 radical (unpaired) electrons. The highest BCUT2D eigenvalue weighted by Gasteiger charge is 2.44. The average molecular weight is 967 g/mol. The molecule has 402 valence electrons. The lowest BCUT2D eigenvalue weighted by molar-refractivity contribution is -0.302. The lowest BCUT2D eigenvalue weighted by atomic mass is 9.99. The maximum atomic E-state index is 13.1. The van der Waals surface area contributed by atoms with Crippen LogP contribution >= 0.6 is 0 Å². The van der Waals surface area contributed by atoms with E-state index < -0.39 is 61.5 Å². The molecule has 7 N–H and O–H groups in total. The predicted octanol–water partition coefficient (Wildman–Crippen LogP) is 13.2. The van der Waals surface area contributed by atoms with Gasteiger partial charge in [-0.2, -0.15) is 0 Å². The number of aliphatic hydroxyl groups is 6. The van der Waals surface area contributed by atoms with Crippen LogP contribution in [0, 0.1) is 0 Å². The first-order valence-corrected chi connectivity index (χ1v) is 29.2. The van der Waals surface area contributed by atoms with Gasteiger partial charge in [0.2, 0.25) is 5.91 Å². The molecule has 1 fully saturated rings. The Bertz CT molecular complexity index is 1140. The highest BCUT2D eigenvalue weighted by Crippen LogP contribution is 2.23. The Morgan fingerprint density at radius 3 is 1.28 bits per heavy atom. The fourth-order valence-electron chi connectivity index (χ4n) is 9.42. The topological polar surface area (TPSA) is 169 Å². The number of ether oxygens (including phenoxy) is 2. The molecule has 0 aliphatic carbocycles. The molecule has 0 bridgehead atoms. The Balaban J connectivity index is 2.23. The molecule has 10 heteroatoms. The number of unbranched alkanes of at least 4 members (excludes halogenated alkanes) is 37. The first-order valence-electron chi connectivity index (χ1n) is 29.2. The molecule has 68 heavy (non-hydrogen) atoms. The lowest BCUT2D eigenvalue weighted by Gasteiger charge is -2.40. The largest absolute Gasteiger partial charge is 0.394 e. The summed E-state index contributed by atoms with van der Waals surface area (Å²) in [6.07, 6.45) is 50.1. The number of aliphatic hydroxyl groups excluding tert-OH is 6. The van der Waals surface area contributed by atoms with Crippen molar-refractivity contribution in [3.63, 3.8) is 0 Å². The summed E-state index contributed by atoms with van der Waals surface area (Å²) in [4.78, 5) is 13.1. The van der Waals surface area contributed by atoms with E-state index in [4.69, 9.17) is 9.47 Å². The van der Waals surface area contributed by atoms with Crippen molar-refractivity contribution in [2.24, 2.45) is 0 Å². The van der Waals surface area contributed by atoms with Gasteiger partial charge < -0.3 is 45.4 Å². The number of carbonyl (C=O) groups excluding carboxylic acids is 1. The number of nitrogens with one attached hydrogen (secondary N) is 1. The molecule has 0 saturated carbocycles. The Hall–Kier alpha value is -1.37. The van der Waals surface area contributed by atoms with Gasteiger partial charge in [-0.25, -0.2) is 0 Å². The average Bonchev–Trinajstić information content (AvgIpc) is 3.34. The number of allylic oxidation sites excluding steroid dienone is 3. The van der Waals surface area contributed by atoms with Crippen molar-refractivity contribution in [2.45, 2.75) is 326 Å². The standard InChI is InChI=1S/C58H111NO9/c1-3-5-7-9-11-13-15-17-19-21-22-23-24-25-26-27-28-29-30-31-33-35-37-39-41-43-45-47-52(62)57(66)59-50(49-67-58-56(65)55(64)54(63)53(48-60)68-58)51(61)46-44-42-40-38-36-34-32-20-18-16-14-12-10-8-6-4-2/h36,38,44,46,50-56,58,60-65H,3-35,37,39-43,45,47-49H2,1-2H3,(H,59,66)/b38-36+,46-44+. The third-order valence-electron chi connectivity index (χ3n) is 14.1. The van der Waals surface area contributed by atoms with E-state index in [0.717, 1.165) is 38.5 Å². The summed E-state index contributed by atoms with van der Waals surface area (Å²) < 4.78 is 11.2. The molecule has 0 aromatic carbocycles. The van der Waals surface area contributed by atoms with E-state index in [0.29, 0.717) is 12.8 Å². The van der Waals surface area contributed by atoms with Crippen LogP contribution in [-0.4, -0.2) is 98.7 Å². The van der Waals surface area contributed by atoms with Gasteiger partial charge in [0.05, 0.1) is 25.4 Å². The molecule has 0 aromatic heterocycles. The van der Waals surface area contributed by atoms with E-state index in [1.165, 1.54) is 212 Å². The molecule has 1 aliphatic rings. The minimum absolute atomic E-state index is 0.308. The van der Waals surface area contributed by atoms with Crippen molar-refractivity contribution in [3.8, 4) is 0 Å². The van der Waals surface area contributed by atoms with E-state index >= 15 is 0 Å². The van der Waals surface area contributed by atoms with Crippen LogP contribution in [0.15, 0.2) is 24.3 Å². The summed E-state index contributed by atoms with van der Waals surface area (Å²) in [6, 6.07) is -0.994. The molecule has 0 aromatic rings. The van der Waals surface area contributed by atoms with Crippen molar-refractivity contribution >= 4 is 5.91 Å². The minimum Gasteiger partial charge on any atom is -0.394 e. The summed E-state index contributed by atoms with van der Waals surface area (Å²) in [5.41, 5.74) is 0. The second-order valence-electron chi connectivity index (χ2n) is 20.6. The quantitative estimate of drug-likeness (QED) is 0.0232. The molecular weight excluding hydrogens is 855 g/mol. The van der Waals surface area contributed by atoms with Crippen LogP contribution in [0.25, 0.3) is 0 Å². The zero-order chi connectivity index (χ0) is 49.6. The molecule has 1 rings (SSSR count). The highest BCUT2D eigenvalue weighted by molar-refractivity contribution is 5.80. The van der Waals surface area contributed by atoms with Crippen molar-refractivity contribution in [3.05, 3.63) is 24.3 Å². The number of hydrogen-bond acceptors (Lipinski definition) is 9. The van der Waals surface area contributed by atoms with E-state index in [1.807, 2.05) is 6.08 Å². The Kier molecular flexibility index (Phi) is 45.6. The molecule has 8 unspecified atom stereocenters. The SMILES string of the molecule is CCCCCCCCCCCC/C=C/CC/C=C/C(O)C(COC1OC(CO)C(O)C(O)C1O)NC(=O)C(O)CCCCCCCCCCCCCCCCCCCCCCCCCCCCC. The zero-order valence-corrected chi connectivity index (χ0v) is 44.2. The molecule has 1 heterocycles. The molecule has 1 amide bonds. The molecule has 10 nitrogen and oxygen atoms in total. The molecule has 8 atom stereocenters. The molecule has 1 aliphatic heterocycles. The third kappa shape index (κ3) is 36.5. The minimum atomic E-state index is -1.61. The van der Waals surface area contributed by atoms with Crippen LogP contribution in [0.3, 0.4) is 0 Å². The van der Waals surface area contributed by atoms with E-state index in [1.54, 1.807) is 6.08 Å². The molecule has 0 spiro atoms. The van der Waals surface area contributed by atoms with Gasteiger partial charge in [-0.1, -0.05) is 269 Å². The van der Waals surface area contributed by atoms with Crippen LogP contribution in [0.1, 0.15) is 277 Å². The van der Waals surface area contributed by atoms with Crippen molar-refractivity contribution in [1.82, 2.24) is 5.32 Å². The van der Waals surface area contributed by atoms with Gasteiger partial charge in [-0.15, -0.1) is 0 Å². The summed E-state index contributed by atoms with van der Waals surface area (Å²) in [5, 5.41) is 65.0. The summed E-state index contributed by atoms with van der Waals surface area (Å²) in [6.45, 7) is 3.63. The maximum absolute atomic E-state index is 13.1. The first kappa shape index (κ1) is 64.6. The van der Waals surface area contributed by atoms with Gasteiger partial charge in [0.25, 0.3) is 0 Å². The number of rotatable bonds is 50. The monoisotopic (exact) mass is 966 g/mol. The zero-order valence-electron chi connectivity index (χ0n) is 44.2. The van der Waals surface area contributed by atoms with Crippen LogP contribution in [0.5, 0.6) is 0 Å². The number of carbonyl (C=O) groups is 1. The summed E-state index contributed by atoms with van der Waals surface area (Å²) in [5.74, 6) is -0.621. The Labute approximate surface area is 418 Å². The highest BCUT2D eigenvalue weighted by atomic mass is 16.7. The van der Waals surface area contributed by atoms with Gasteiger partial charge >= 0.3 is 0 Å². The third-order valence-corrected chi connectivity index (χ3v) is 14.1. The van der Waals surface area contributed by atoms with Gasteiger partial charge in [-0.3, -0.25) is 4.79 Å². The van der Waals surface area contributed by atoms with Crippen molar-refractivity contribution in [2.75, 3.05) is 13.2 Å². The van der Waals surface area contributed by atoms with Gasteiger partial charge in [0.15, 0.2) is 6.29 Å². The van der Waals surface area contributed by atoms with Gasteiger partial charge in [-0.05, 0) is 32.1 Å². The summed E-state index contributed by atoms with van der Waals surface area (Å²) >= 11 is 0. The first-order chi connectivity index (χ1) is 33.3. The maximum Gasteiger partial charge on any atom is 0.249 e. The Morgan fingerprint density at radius 2 is 0.868 bits per heavy atom. The van der Waals surface area contributed by atoms with E-state index in [9.17, 15) is 35.4 Å². The lowest BCUT2D eigenvalue weighted by Crippen LogP contribution is -2.60. The Morgan fingerprint density at radius 1 is 0.500 bits per heavy atom. The number of hydrogen-bond donors (Lipinski definition) is 7. The van der Waals surface area contributed by atoms with Crippen LogP contribution in [0.4, 0.5) is 0 Å². The van der Waals surface area contributed by atoms with E-state index in [2.05, 4.69) is 31.3 Å². The van der Waals surface area contributed by atoms with Crippen molar-refractivity contribution < 1.29 is 44.9 Å². The normalized spacial score (nSPS) is 20.1. The van der Waals surface area contributed by atoms with E-state index in [-0.39, 0.29) is 6.61 Å². The van der Waals surface area contributed by atoms with Crippen molar-refractivity contribution in [1.29, 1.82) is 0 Å². The second kappa shape index (κ2) is 47.9. The van der Waals surface area contributed by atoms with Gasteiger partial charge in [0.1, 0.15) is 30.5 Å². The smallest absolute Gasteiger partial charge is 0.249 e. The van der Waals surface area contributed by atoms with Crippen LogP contribution in [0.2, 0.25) is 0 Å². The fourth-order valence-corrected chi connectivity index (χ4v) is 9.42. The van der Waals surface area contributed by atoms with Gasteiger partial charge in [0, 0.05) is 0 Å². The molecular formula is C58H111NO9. The van der Waals surface area contributed by atoms with Crippen LogP contribution in [-0.2, 0) is 14.3 Å². The second-order valence-corrected chi connectivity index (χ2v) is 20.6.